The van der Waals surface area contributed by atoms with Crippen molar-refractivity contribution in [1.82, 2.24) is 26.7 Å². The summed E-state index contributed by atoms with van der Waals surface area (Å²) in [6.07, 6.45) is 21.8. The van der Waals surface area contributed by atoms with Gasteiger partial charge in [0.05, 0.1) is 46.2 Å². The highest BCUT2D eigenvalue weighted by molar-refractivity contribution is 5.77. The highest BCUT2D eigenvalue weighted by Gasteiger charge is 2.05. The van der Waals surface area contributed by atoms with Crippen molar-refractivity contribution in [3.63, 3.8) is 0 Å². The number of amides is 4. The van der Waals surface area contributed by atoms with Crippen LogP contribution in [-0.4, -0.2) is 114 Å². The number of ether oxygens (including phenoxy) is 4. The predicted molar refractivity (Wildman–Crippen MR) is 203 cm³/mol. The second kappa shape index (κ2) is 41.1. The Kier molecular flexibility index (Phi) is 39.1. The third-order valence-corrected chi connectivity index (χ3v) is 8.02. The van der Waals surface area contributed by atoms with E-state index in [4.69, 9.17) is 24.2 Å². The van der Waals surface area contributed by atoms with Gasteiger partial charge < -0.3 is 40.2 Å². The Morgan fingerprint density at radius 3 is 1.58 bits per heavy atom. The zero-order valence-corrected chi connectivity index (χ0v) is 32.3. The molecule has 6 N–H and O–H groups in total. The fourth-order valence-electron chi connectivity index (χ4n) is 5.00. The third kappa shape index (κ3) is 40.2. The number of nitrogens with one attached hydrogen (secondary N) is 5. The summed E-state index contributed by atoms with van der Waals surface area (Å²) in [5.74, 6) is -0.623. The summed E-state index contributed by atoms with van der Waals surface area (Å²) in [7, 11) is 0. The molecule has 0 aliphatic heterocycles. The lowest BCUT2D eigenvalue weighted by Crippen LogP contribution is -2.31. The monoisotopic (exact) mass is 744 g/mol. The van der Waals surface area contributed by atoms with E-state index < -0.39 is 0 Å². The Bertz CT molecular complexity index is 880. The van der Waals surface area contributed by atoms with Crippen LogP contribution in [0.5, 0.6) is 0 Å². The van der Waals surface area contributed by atoms with E-state index in [2.05, 4.69) is 28.2 Å². The first-order chi connectivity index (χ1) is 25.5. The molecule has 0 heterocycles. The van der Waals surface area contributed by atoms with E-state index in [-0.39, 0.29) is 43.3 Å². The normalized spacial score (nSPS) is 11.2. The molecule has 0 saturated heterocycles. The zero-order chi connectivity index (χ0) is 38.0. The molecule has 0 aromatic rings. The number of hydrogen-bond acceptors (Lipinski definition) is 10. The number of hydroxylamine groups is 1. The summed E-state index contributed by atoms with van der Waals surface area (Å²) in [4.78, 5) is 46.7. The van der Waals surface area contributed by atoms with Crippen LogP contribution >= 0.6 is 0 Å². The number of rotatable bonds is 40. The summed E-state index contributed by atoms with van der Waals surface area (Å²) in [6, 6.07) is 0. The van der Waals surface area contributed by atoms with Crippen LogP contribution in [0.25, 0.3) is 0 Å². The molecular formula is C38H73N5O9. The Hall–Kier alpha value is -2.62. The van der Waals surface area contributed by atoms with Crippen LogP contribution in [0, 0.1) is 0 Å². The second-order valence-corrected chi connectivity index (χ2v) is 12.8. The van der Waals surface area contributed by atoms with E-state index >= 15 is 0 Å². The number of hydrogen-bond donors (Lipinski definition) is 6. The summed E-state index contributed by atoms with van der Waals surface area (Å²) >= 11 is 0. The molecule has 52 heavy (non-hydrogen) atoms. The van der Waals surface area contributed by atoms with Gasteiger partial charge >= 0.3 is 0 Å². The Balaban J connectivity index is 3.35. The van der Waals surface area contributed by atoms with Gasteiger partial charge in [-0.2, -0.15) is 0 Å². The lowest BCUT2D eigenvalue weighted by atomic mass is 10.0. The lowest BCUT2D eigenvalue weighted by Gasteiger charge is -2.09. The van der Waals surface area contributed by atoms with Gasteiger partial charge in [-0.05, 0) is 38.6 Å². The first-order valence-corrected chi connectivity index (χ1v) is 19.9. The number of allylic oxidation sites excluding steroid dienone is 1. The maximum absolute atomic E-state index is 12.1. The highest BCUT2D eigenvalue weighted by atomic mass is 16.5. The molecule has 0 rings (SSSR count). The molecule has 0 unspecified atom stereocenters. The van der Waals surface area contributed by atoms with Crippen LogP contribution in [0.15, 0.2) is 12.2 Å². The maximum Gasteiger partial charge on any atom is 0.247 e. The van der Waals surface area contributed by atoms with Crippen LogP contribution in [0.1, 0.15) is 122 Å². The van der Waals surface area contributed by atoms with E-state index in [0.29, 0.717) is 78.5 Å². The quantitative estimate of drug-likeness (QED) is 0.0231. The summed E-state index contributed by atoms with van der Waals surface area (Å²) < 4.78 is 21.6. The van der Waals surface area contributed by atoms with Crippen molar-refractivity contribution in [1.29, 1.82) is 0 Å². The van der Waals surface area contributed by atoms with Gasteiger partial charge in [0, 0.05) is 45.4 Å². The molecule has 0 fully saturated rings. The molecule has 0 aromatic carbocycles. The van der Waals surface area contributed by atoms with E-state index in [9.17, 15) is 19.2 Å². The van der Waals surface area contributed by atoms with Gasteiger partial charge in [-0.1, -0.05) is 83.3 Å². The Morgan fingerprint density at radius 1 is 0.481 bits per heavy atom. The second-order valence-electron chi connectivity index (χ2n) is 12.8. The lowest BCUT2D eigenvalue weighted by molar-refractivity contribution is -0.128. The molecule has 14 nitrogen and oxygen atoms in total. The SMILES string of the molecule is CCCCNCCOCCOCCNC(=O)COCCOCCNC(=O)CCCNC(=O)CCCCCCCCCCCCC/C=C/CC(=O)NO. The van der Waals surface area contributed by atoms with E-state index in [1.807, 2.05) is 6.08 Å². The largest absolute Gasteiger partial charge is 0.378 e. The molecule has 304 valence electrons. The van der Waals surface area contributed by atoms with E-state index in [1.165, 1.54) is 57.8 Å². The Morgan fingerprint density at radius 2 is 0.981 bits per heavy atom. The molecule has 0 atom stereocenters. The van der Waals surface area contributed by atoms with Crippen molar-refractivity contribution in [2.45, 2.75) is 122 Å². The van der Waals surface area contributed by atoms with Crippen molar-refractivity contribution >= 4 is 23.6 Å². The molecule has 0 aliphatic rings. The number of carbonyl (C=O) groups is 4. The minimum absolute atomic E-state index is 0.0480. The average Bonchev–Trinajstić information content (AvgIpc) is 3.14. The van der Waals surface area contributed by atoms with Crippen LogP contribution in [0.2, 0.25) is 0 Å². The van der Waals surface area contributed by atoms with Gasteiger partial charge in [-0.3, -0.25) is 24.4 Å². The van der Waals surface area contributed by atoms with E-state index in [0.717, 1.165) is 45.2 Å². The number of unbranched alkanes of at least 4 members (excludes halogenated alkanes) is 12. The molecule has 0 aromatic heterocycles. The van der Waals surface area contributed by atoms with Crippen molar-refractivity contribution < 1.29 is 43.3 Å². The molecule has 4 amide bonds. The topological polar surface area (TPSA) is 186 Å². The van der Waals surface area contributed by atoms with Gasteiger partial charge in [0.25, 0.3) is 0 Å². The minimum atomic E-state index is -0.383. The smallest absolute Gasteiger partial charge is 0.247 e. The summed E-state index contributed by atoms with van der Waals surface area (Å²) in [5, 5.41) is 20.2. The summed E-state index contributed by atoms with van der Waals surface area (Å²) in [5.41, 5.74) is 1.62. The van der Waals surface area contributed by atoms with Crippen LogP contribution in [-0.2, 0) is 38.1 Å². The van der Waals surface area contributed by atoms with Gasteiger partial charge in [0.1, 0.15) is 6.61 Å². The van der Waals surface area contributed by atoms with Crippen LogP contribution in [0.3, 0.4) is 0 Å². The van der Waals surface area contributed by atoms with Gasteiger partial charge in [-0.15, -0.1) is 0 Å². The van der Waals surface area contributed by atoms with Gasteiger partial charge in [0.2, 0.25) is 23.6 Å². The molecular weight excluding hydrogens is 670 g/mol. The summed E-state index contributed by atoms with van der Waals surface area (Å²) in [6.45, 7) is 8.32. The van der Waals surface area contributed by atoms with Crippen LogP contribution in [0.4, 0.5) is 0 Å². The van der Waals surface area contributed by atoms with Crippen molar-refractivity contribution in [2.75, 3.05) is 85.6 Å². The minimum Gasteiger partial charge on any atom is -0.378 e. The fraction of sp³-hybridized carbons (Fsp3) is 0.842. The number of carbonyl (C=O) groups excluding carboxylic acids is 4. The average molecular weight is 744 g/mol. The van der Waals surface area contributed by atoms with Crippen molar-refractivity contribution in [3.8, 4) is 0 Å². The van der Waals surface area contributed by atoms with Crippen molar-refractivity contribution in [2.24, 2.45) is 0 Å². The molecule has 0 bridgehead atoms. The molecule has 0 saturated carbocycles. The maximum atomic E-state index is 12.1. The van der Waals surface area contributed by atoms with Crippen molar-refractivity contribution in [3.05, 3.63) is 12.2 Å². The van der Waals surface area contributed by atoms with Crippen LogP contribution < -0.4 is 26.7 Å². The molecule has 0 radical (unpaired) electrons. The third-order valence-electron chi connectivity index (χ3n) is 8.02. The highest BCUT2D eigenvalue weighted by Crippen LogP contribution is 2.12. The standard InChI is InChI=1S/C38H73N5O9/c1-2-3-22-39-24-27-49-30-31-50-29-26-42-38(47)34-52-33-32-51-28-25-41-36(45)21-18-23-40-35(44)19-16-14-12-10-8-6-4-5-7-9-11-13-15-17-20-37(46)43-48/h15,17,39,48H,2-14,16,18-34H2,1H3,(H,40,44)(H,41,45)(H,42,47)(H,43,46)/b17-15+. The zero-order valence-electron chi connectivity index (χ0n) is 32.3. The van der Waals surface area contributed by atoms with E-state index in [1.54, 1.807) is 11.6 Å². The first kappa shape index (κ1) is 49.4. The predicted octanol–water partition coefficient (Wildman–Crippen LogP) is 4.09. The Labute approximate surface area is 313 Å². The molecule has 0 spiro atoms. The fourth-order valence-corrected chi connectivity index (χ4v) is 5.00. The first-order valence-electron chi connectivity index (χ1n) is 19.9. The van der Waals surface area contributed by atoms with Gasteiger partial charge in [-0.25, -0.2) is 5.48 Å². The van der Waals surface area contributed by atoms with Gasteiger partial charge in [0.15, 0.2) is 0 Å². The molecule has 14 heteroatoms. The molecule has 0 aliphatic carbocycles.